The second kappa shape index (κ2) is 10.3. The normalized spacial score (nSPS) is 19.8. The fourth-order valence-corrected chi connectivity index (χ4v) is 4.08. The Morgan fingerprint density at radius 3 is 2.67 bits per heavy atom. The van der Waals surface area contributed by atoms with Gasteiger partial charge in [0.1, 0.15) is 24.1 Å². The van der Waals surface area contributed by atoms with Crippen LogP contribution in [-0.2, 0) is 30.8 Å². The highest BCUT2D eigenvalue weighted by atomic mass is 16.6. The fourth-order valence-electron chi connectivity index (χ4n) is 4.08. The zero-order chi connectivity index (χ0) is 23.4. The van der Waals surface area contributed by atoms with Crippen LogP contribution in [0.2, 0.25) is 0 Å². The molecule has 0 saturated heterocycles. The van der Waals surface area contributed by atoms with Crippen LogP contribution in [0.5, 0.6) is 5.75 Å². The number of benzene rings is 2. The minimum atomic E-state index is -0.716. The number of fused-ring (bicyclic) bond motifs is 3. The molecule has 176 valence electrons. The van der Waals surface area contributed by atoms with Gasteiger partial charge < -0.3 is 28.3 Å². The lowest BCUT2D eigenvalue weighted by molar-refractivity contribution is -0.177. The summed E-state index contributed by atoms with van der Waals surface area (Å²) in [6.07, 6.45) is -1.86. The largest absolute Gasteiger partial charge is 0.479 e. The zero-order valence-corrected chi connectivity index (χ0v) is 19.4. The number of carbonyl (C=O) groups excluding carboxylic acids is 1. The number of imidazole rings is 1. The van der Waals surface area contributed by atoms with E-state index in [1.54, 1.807) is 7.11 Å². The van der Waals surface area contributed by atoms with Crippen molar-refractivity contribution in [2.24, 2.45) is 7.05 Å². The number of methoxy groups -OCH3 is 1. The van der Waals surface area contributed by atoms with Gasteiger partial charge in [-0.1, -0.05) is 36.4 Å². The van der Waals surface area contributed by atoms with Crippen molar-refractivity contribution in [2.75, 3.05) is 33.5 Å². The van der Waals surface area contributed by atoms with Gasteiger partial charge in [-0.2, -0.15) is 0 Å². The first-order valence-electron chi connectivity index (χ1n) is 11.1. The Hall–Kier alpha value is -2.94. The second-order valence-electron chi connectivity index (χ2n) is 7.89. The third-order valence-electron chi connectivity index (χ3n) is 5.81. The summed E-state index contributed by atoms with van der Waals surface area (Å²) in [6, 6.07) is 13.7. The van der Waals surface area contributed by atoms with Crippen LogP contribution < -0.4 is 4.74 Å². The number of hydrogen-bond acceptors (Lipinski definition) is 7. The third-order valence-corrected chi connectivity index (χ3v) is 5.81. The number of hydrogen-bond donors (Lipinski definition) is 0. The van der Waals surface area contributed by atoms with E-state index in [1.807, 2.05) is 67.9 Å². The second-order valence-corrected chi connectivity index (χ2v) is 7.89. The molecule has 0 fully saturated rings. The Kier molecular flexibility index (Phi) is 7.27. The maximum absolute atomic E-state index is 12.6. The van der Waals surface area contributed by atoms with Crippen molar-refractivity contribution in [1.29, 1.82) is 0 Å². The smallest absolute Gasteiger partial charge is 0.332 e. The standard InChI is InChI=1S/C25H30N2O6/c1-5-30-15-20(28)32-25-22(17-9-7-6-8-10-17)33-23-18(24(25)31-14-13-29-4)11-12-19-21(23)26-16(2)27(19)3/h6-12,22,24-25H,5,13-15H2,1-4H3/t22-,24-,25-/m1/s1. The molecule has 2 heterocycles. The molecular formula is C25H30N2O6. The monoisotopic (exact) mass is 454 g/mol. The third kappa shape index (κ3) is 4.73. The molecular weight excluding hydrogens is 424 g/mol. The highest BCUT2D eigenvalue weighted by molar-refractivity contribution is 5.85. The Bertz CT molecular complexity index is 1100. The molecule has 0 aliphatic carbocycles. The lowest BCUT2D eigenvalue weighted by Crippen LogP contribution is -2.40. The average molecular weight is 455 g/mol. The Morgan fingerprint density at radius 2 is 1.94 bits per heavy atom. The van der Waals surface area contributed by atoms with E-state index >= 15 is 0 Å². The number of ether oxygens (including phenoxy) is 5. The van der Waals surface area contributed by atoms with Crippen molar-refractivity contribution in [2.45, 2.75) is 32.2 Å². The van der Waals surface area contributed by atoms with Gasteiger partial charge in [-0.05, 0) is 25.5 Å². The first-order chi connectivity index (χ1) is 16.0. The fraction of sp³-hybridized carbons (Fsp3) is 0.440. The van der Waals surface area contributed by atoms with E-state index in [0.29, 0.717) is 25.6 Å². The van der Waals surface area contributed by atoms with E-state index in [1.165, 1.54) is 0 Å². The van der Waals surface area contributed by atoms with Crippen molar-refractivity contribution in [1.82, 2.24) is 9.55 Å². The first-order valence-corrected chi connectivity index (χ1v) is 11.1. The minimum absolute atomic E-state index is 0.134. The van der Waals surface area contributed by atoms with Crippen LogP contribution in [0.1, 0.15) is 36.1 Å². The molecule has 0 saturated carbocycles. The number of aromatic nitrogens is 2. The van der Waals surface area contributed by atoms with E-state index in [0.717, 1.165) is 28.0 Å². The first kappa shape index (κ1) is 23.2. The van der Waals surface area contributed by atoms with E-state index in [9.17, 15) is 4.79 Å². The van der Waals surface area contributed by atoms with Crippen molar-refractivity contribution < 1.29 is 28.5 Å². The predicted molar refractivity (Wildman–Crippen MR) is 122 cm³/mol. The number of aryl methyl sites for hydroxylation is 2. The Labute approximate surface area is 193 Å². The molecule has 0 N–H and O–H groups in total. The van der Waals surface area contributed by atoms with E-state index in [2.05, 4.69) is 0 Å². The number of esters is 1. The van der Waals surface area contributed by atoms with Crippen molar-refractivity contribution in [3.63, 3.8) is 0 Å². The molecule has 33 heavy (non-hydrogen) atoms. The molecule has 2 aromatic carbocycles. The quantitative estimate of drug-likeness (QED) is 0.360. The number of nitrogens with zero attached hydrogens (tertiary/aromatic N) is 2. The average Bonchev–Trinajstić information content (AvgIpc) is 3.13. The Morgan fingerprint density at radius 1 is 1.15 bits per heavy atom. The van der Waals surface area contributed by atoms with Crippen LogP contribution in [0.15, 0.2) is 42.5 Å². The van der Waals surface area contributed by atoms with Crippen LogP contribution in [-0.4, -0.2) is 55.2 Å². The Balaban J connectivity index is 1.81. The summed E-state index contributed by atoms with van der Waals surface area (Å²) in [5, 5.41) is 0. The predicted octanol–water partition coefficient (Wildman–Crippen LogP) is 3.67. The van der Waals surface area contributed by atoms with Crippen LogP contribution >= 0.6 is 0 Å². The summed E-state index contributed by atoms with van der Waals surface area (Å²) in [6.45, 7) is 4.82. The zero-order valence-electron chi connectivity index (χ0n) is 19.4. The number of carbonyl (C=O) groups is 1. The van der Waals surface area contributed by atoms with Gasteiger partial charge in [0.05, 0.1) is 18.7 Å². The van der Waals surface area contributed by atoms with E-state index < -0.39 is 24.3 Å². The van der Waals surface area contributed by atoms with Crippen LogP contribution in [0, 0.1) is 6.92 Å². The van der Waals surface area contributed by atoms with Gasteiger partial charge in [-0.15, -0.1) is 0 Å². The molecule has 0 unspecified atom stereocenters. The molecule has 4 rings (SSSR count). The van der Waals surface area contributed by atoms with Crippen LogP contribution in [0.25, 0.3) is 11.0 Å². The summed E-state index contributed by atoms with van der Waals surface area (Å²) >= 11 is 0. The molecule has 8 heteroatoms. The summed E-state index contributed by atoms with van der Waals surface area (Å²) in [5.74, 6) is 1.05. The topological polar surface area (TPSA) is 81.0 Å². The lowest BCUT2D eigenvalue weighted by Gasteiger charge is -2.39. The molecule has 1 aliphatic rings. The van der Waals surface area contributed by atoms with Gasteiger partial charge in [-0.25, -0.2) is 9.78 Å². The molecule has 0 radical (unpaired) electrons. The molecule has 8 nitrogen and oxygen atoms in total. The van der Waals surface area contributed by atoms with Crippen molar-refractivity contribution >= 4 is 17.0 Å². The van der Waals surface area contributed by atoms with Crippen LogP contribution in [0.3, 0.4) is 0 Å². The maximum Gasteiger partial charge on any atom is 0.332 e. The van der Waals surface area contributed by atoms with Gasteiger partial charge in [-0.3, -0.25) is 0 Å². The summed E-state index contributed by atoms with van der Waals surface area (Å²) < 4.78 is 31.2. The molecule has 3 atom stereocenters. The molecule has 3 aromatic rings. The molecule has 0 amide bonds. The van der Waals surface area contributed by atoms with Gasteiger partial charge in [0.2, 0.25) is 0 Å². The molecule has 1 aromatic heterocycles. The van der Waals surface area contributed by atoms with Crippen LogP contribution in [0.4, 0.5) is 0 Å². The van der Waals surface area contributed by atoms with E-state index in [4.69, 9.17) is 28.7 Å². The minimum Gasteiger partial charge on any atom is -0.479 e. The number of rotatable bonds is 9. The van der Waals surface area contributed by atoms with E-state index in [-0.39, 0.29) is 6.61 Å². The van der Waals surface area contributed by atoms with Gasteiger partial charge in [0.15, 0.2) is 18.0 Å². The van der Waals surface area contributed by atoms with Gasteiger partial charge in [0, 0.05) is 26.3 Å². The SMILES string of the molecule is CCOCC(=O)O[C@@H]1[C@@H](c2ccccc2)Oc2c(ccc3c2nc(C)n3C)[C@H]1OCCOC. The van der Waals surface area contributed by atoms with Crippen molar-refractivity contribution in [3.05, 3.63) is 59.4 Å². The van der Waals surface area contributed by atoms with Gasteiger partial charge >= 0.3 is 5.97 Å². The summed E-state index contributed by atoms with van der Waals surface area (Å²) in [5.41, 5.74) is 3.38. The van der Waals surface area contributed by atoms with Crippen molar-refractivity contribution in [3.8, 4) is 5.75 Å². The molecule has 0 spiro atoms. The summed E-state index contributed by atoms with van der Waals surface area (Å²) in [4.78, 5) is 17.3. The highest BCUT2D eigenvalue weighted by Crippen LogP contribution is 2.47. The molecule has 1 aliphatic heterocycles. The molecule has 0 bridgehead atoms. The highest BCUT2D eigenvalue weighted by Gasteiger charge is 2.44. The lowest BCUT2D eigenvalue weighted by atomic mass is 9.91. The van der Waals surface area contributed by atoms with Gasteiger partial charge in [0.25, 0.3) is 0 Å². The summed E-state index contributed by atoms with van der Waals surface area (Å²) in [7, 11) is 3.59. The maximum atomic E-state index is 12.6.